The summed E-state index contributed by atoms with van der Waals surface area (Å²) in [5, 5.41) is 33.6. The van der Waals surface area contributed by atoms with E-state index in [-0.39, 0.29) is 68.6 Å². The van der Waals surface area contributed by atoms with Crippen molar-refractivity contribution in [2.45, 2.75) is 13.8 Å². The van der Waals surface area contributed by atoms with Crippen molar-refractivity contribution < 1.29 is 28.5 Å². The molecule has 0 fully saturated rings. The highest BCUT2D eigenvalue weighted by Gasteiger charge is 2.16. The Morgan fingerprint density at radius 2 is 1.79 bits per heavy atom. The lowest BCUT2D eigenvalue weighted by Crippen LogP contribution is -2.38. The molecule has 0 aliphatic rings. The number of aliphatic hydroxyl groups is 2. The molecule has 0 amide bonds. The molecule has 14 heteroatoms. The van der Waals surface area contributed by atoms with Crippen LogP contribution in [-0.4, -0.2) is 89.8 Å². The molecular formula is C19H29N7O6S. The van der Waals surface area contributed by atoms with Crippen LogP contribution >= 0.6 is 0 Å². The smallest absolute Gasteiger partial charge is 0.335 e. The Bertz CT molecular complexity index is 1050. The molecule has 0 aliphatic carbocycles. The van der Waals surface area contributed by atoms with Crippen LogP contribution in [0, 0.1) is 6.92 Å². The summed E-state index contributed by atoms with van der Waals surface area (Å²) in [7, 11) is -3.38. The van der Waals surface area contributed by atoms with Gasteiger partial charge in [-0.2, -0.15) is 15.0 Å². The van der Waals surface area contributed by atoms with Crippen LogP contribution in [0.5, 0.6) is 0 Å². The number of anilines is 4. The van der Waals surface area contributed by atoms with E-state index in [9.17, 15) is 18.3 Å². The molecule has 1 aromatic carbocycles. The van der Waals surface area contributed by atoms with Gasteiger partial charge < -0.3 is 30.9 Å². The van der Waals surface area contributed by atoms with Gasteiger partial charge in [-0.25, -0.2) is 17.9 Å². The Morgan fingerprint density at radius 1 is 1.06 bits per heavy atom. The molecule has 0 unspecified atom stereocenters. The number of aromatic nitrogens is 3. The van der Waals surface area contributed by atoms with Gasteiger partial charge in [-0.1, -0.05) is 0 Å². The predicted octanol–water partition coefficient (Wildman–Crippen LogP) is -0.236. The molecule has 182 valence electrons. The largest absolute Gasteiger partial charge is 0.478 e. The summed E-state index contributed by atoms with van der Waals surface area (Å²) in [6.45, 7) is 3.49. The molecule has 0 spiro atoms. The molecule has 1 aromatic heterocycles. The van der Waals surface area contributed by atoms with Gasteiger partial charge in [0.25, 0.3) is 0 Å². The van der Waals surface area contributed by atoms with Gasteiger partial charge >= 0.3 is 5.97 Å². The number of benzene rings is 1. The van der Waals surface area contributed by atoms with Gasteiger partial charge in [-0.3, -0.25) is 0 Å². The molecule has 1 heterocycles. The van der Waals surface area contributed by atoms with E-state index in [4.69, 9.17) is 10.2 Å². The maximum absolute atomic E-state index is 11.7. The van der Waals surface area contributed by atoms with E-state index in [0.29, 0.717) is 11.3 Å². The molecule has 0 aliphatic heterocycles. The number of nitrogens with zero attached hydrogens (tertiary/aromatic N) is 4. The number of carboxylic acid groups (broad SMARTS) is 1. The Hall–Kier alpha value is -3.07. The molecule has 2 rings (SSSR count). The number of aliphatic hydroxyl groups excluding tert-OH is 2. The van der Waals surface area contributed by atoms with Gasteiger partial charge in [0.1, 0.15) is 0 Å². The first kappa shape index (κ1) is 26.2. The number of aromatic carboxylic acids is 1. The third kappa shape index (κ3) is 8.09. The first-order valence-corrected chi connectivity index (χ1v) is 11.9. The lowest BCUT2D eigenvalue weighted by atomic mass is 10.1. The zero-order valence-corrected chi connectivity index (χ0v) is 19.3. The summed E-state index contributed by atoms with van der Waals surface area (Å²) in [6.07, 6.45) is 0. The number of hydrogen-bond donors (Lipinski definition) is 6. The summed E-state index contributed by atoms with van der Waals surface area (Å²) >= 11 is 0. The fourth-order valence-electron chi connectivity index (χ4n) is 2.74. The van der Waals surface area contributed by atoms with Crippen LogP contribution in [0.15, 0.2) is 18.2 Å². The Balaban J connectivity index is 2.32. The van der Waals surface area contributed by atoms with Gasteiger partial charge in [0.2, 0.25) is 27.9 Å². The number of carbonyl (C=O) groups is 1. The summed E-state index contributed by atoms with van der Waals surface area (Å²) in [5.74, 6) is -0.613. The zero-order valence-electron chi connectivity index (χ0n) is 18.4. The molecule has 6 N–H and O–H groups in total. The molecule has 13 nitrogen and oxygen atoms in total. The van der Waals surface area contributed by atoms with E-state index in [0.717, 1.165) is 0 Å². The van der Waals surface area contributed by atoms with Crippen molar-refractivity contribution in [2.24, 2.45) is 0 Å². The van der Waals surface area contributed by atoms with E-state index >= 15 is 0 Å². The molecular weight excluding hydrogens is 454 g/mol. The number of hydrogen-bond acceptors (Lipinski definition) is 11. The highest BCUT2D eigenvalue weighted by molar-refractivity contribution is 7.89. The van der Waals surface area contributed by atoms with E-state index < -0.39 is 16.0 Å². The Morgan fingerprint density at radius 3 is 2.39 bits per heavy atom. The topological polar surface area (TPSA) is 190 Å². The maximum Gasteiger partial charge on any atom is 0.335 e. The minimum absolute atomic E-state index is 0.0535. The van der Waals surface area contributed by atoms with Crippen LogP contribution in [0.3, 0.4) is 0 Å². The van der Waals surface area contributed by atoms with E-state index in [1.54, 1.807) is 17.9 Å². The normalized spacial score (nSPS) is 11.3. The molecule has 0 radical (unpaired) electrons. The van der Waals surface area contributed by atoms with Gasteiger partial charge in [0, 0.05) is 31.9 Å². The molecule has 33 heavy (non-hydrogen) atoms. The Kier molecular flexibility index (Phi) is 9.72. The minimum Gasteiger partial charge on any atom is -0.478 e. The lowest BCUT2D eigenvalue weighted by molar-refractivity contribution is 0.0696. The van der Waals surface area contributed by atoms with E-state index in [2.05, 4.69) is 30.3 Å². The van der Waals surface area contributed by atoms with Crippen molar-refractivity contribution in [1.29, 1.82) is 0 Å². The third-order valence-corrected chi connectivity index (χ3v) is 5.88. The first-order valence-electron chi connectivity index (χ1n) is 10.2. The van der Waals surface area contributed by atoms with Crippen LogP contribution in [0.2, 0.25) is 0 Å². The second-order valence-electron chi connectivity index (χ2n) is 6.90. The maximum atomic E-state index is 11.7. The van der Waals surface area contributed by atoms with Crippen molar-refractivity contribution in [1.82, 2.24) is 19.7 Å². The van der Waals surface area contributed by atoms with Crippen LogP contribution in [0.1, 0.15) is 22.8 Å². The summed E-state index contributed by atoms with van der Waals surface area (Å²) in [6, 6.07) is 4.55. The zero-order chi connectivity index (χ0) is 24.4. The van der Waals surface area contributed by atoms with Crippen molar-refractivity contribution >= 4 is 39.5 Å². The number of sulfonamides is 1. The van der Waals surface area contributed by atoms with Crippen LogP contribution in [0.25, 0.3) is 0 Å². The number of rotatable bonds is 14. The third-order valence-electron chi connectivity index (χ3n) is 4.47. The molecule has 0 atom stereocenters. The first-order chi connectivity index (χ1) is 15.7. The van der Waals surface area contributed by atoms with Crippen LogP contribution in [-0.2, 0) is 10.0 Å². The van der Waals surface area contributed by atoms with Gasteiger partial charge in [0.05, 0.1) is 24.5 Å². The Labute approximate surface area is 192 Å². The summed E-state index contributed by atoms with van der Waals surface area (Å²) in [4.78, 5) is 25.7. The van der Waals surface area contributed by atoms with Crippen molar-refractivity contribution in [2.75, 3.05) is 60.7 Å². The molecule has 0 bridgehead atoms. The summed E-state index contributed by atoms with van der Waals surface area (Å²) in [5.41, 5.74) is 1.38. The second kappa shape index (κ2) is 12.2. The predicted molar refractivity (Wildman–Crippen MR) is 124 cm³/mol. The average molecular weight is 484 g/mol. The van der Waals surface area contributed by atoms with Crippen molar-refractivity contribution in [3.05, 3.63) is 29.3 Å². The lowest BCUT2D eigenvalue weighted by Gasteiger charge is -2.23. The standard InChI is InChI=1S/C19H29N7O6S/c1-3-33(31,32)21-6-8-26(9-11-28)19-24-17(20-7-10-27)23-18(25-19)22-15-5-4-14(16(29)30)12-13(15)2/h4-5,12,21,27-28H,3,6-11H2,1-2H3,(H,29,30)(H2,20,22,23,24,25). The highest BCUT2D eigenvalue weighted by atomic mass is 32.2. The van der Waals surface area contributed by atoms with Crippen LogP contribution in [0.4, 0.5) is 23.5 Å². The molecule has 2 aromatic rings. The quantitative estimate of drug-likeness (QED) is 0.207. The average Bonchev–Trinajstić information content (AvgIpc) is 2.78. The van der Waals surface area contributed by atoms with Crippen molar-refractivity contribution in [3.8, 4) is 0 Å². The van der Waals surface area contributed by atoms with Gasteiger partial charge in [-0.05, 0) is 37.6 Å². The number of aryl methyl sites for hydroxylation is 1. The number of carboxylic acids is 1. The van der Waals surface area contributed by atoms with Crippen LogP contribution < -0.4 is 20.3 Å². The fourth-order valence-corrected chi connectivity index (χ4v) is 3.34. The van der Waals surface area contributed by atoms with E-state index in [1.807, 2.05) is 0 Å². The van der Waals surface area contributed by atoms with Gasteiger partial charge in [-0.15, -0.1) is 0 Å². The molecule has 0 saturated heterocycles. The van der Waals surface area contributed by atoms with Gasteiger partial charge in [0.15, 0.2) is 0 Å². The van der Waals surface area contributed by atoms with Crippen molar-refractivity contribution in [3.63, 3.8) is 0 Å². The SMILES string of the molecule is CCS(=O)(=O)NCCN(CCO)c1nc(NCCO)nc(Nc2ccc(C(=O)O)cc2C)n1. The summed E-state index contributed by atoms with van der Waals surface area (Å²) < 4.78 is 25.9. The second-order valence-corrected chi connectivity index (χ2v) is 9.00. The minimum atomic E-state index is -3.38. The monoisotopic (exact) mass is 483 g/mol. The molecule has 0 saturated carbocycles. The highest BCUT2D eigenvalue weighted by Crippen LogP contribution is 2.22. The van der Waals surface area contributed by atoms with E-state index in [1.165, 1.54) is 19.1 Å². The number of nitrogens with one attached hydrogen (secondary N) is 3. The fraction of sp³-hybridized carbons (Fsp3) is 0.474.